The highest BCUT2D eigenvalue weighted by Gasteiger charge is 2.38. The molecule has 7 heteroatoms. The summed E-state index contributed by atoms with van der Waals surface area (Å²) in [7, 11) is 1.83. The average molecular weight is 382 g/mol. The second-order valence-electron chi connectivity index (χ2n) is 9.20. The number of carbonyl (C=O) groups excluding carboxylic acids is 2. The van der Waals surface area contributed by atoms with Crippen LogP contribution in [0.4, 0.5) is 0 Å². The fourth-order valence-electron chi connectivity index (χ4n) is 4.17. The molecule has 0 saturated carbocycles. The van der Waals surface area contributed by atoms with E-state index in [1.54, 1.807) is 4.90 Å². The van der Waals surface area contributed by atoms with E-state index < -0.39 is 5.97 Å². The zero-order chi connectivity index (χ0) is 20.2. The monoisotopic (exact) mass is 381 g/mol. The number of amides is 2. The van der Waals surface area contributed by atoms with Gasteiger partial charge in [-0.3, -0.25) is 19.3 Å². The van der Waals surface area contributed by atoms with E-state index in [1.807, 2.05) is 37.6 Å². The van der Waals surface area contributed by atoms with E-state index in [2.05, 4.69) is 0 Å². The molecule has 0 aliphatic carbocycles. The number of hydrogen-bond donors (Lipinski definition) is 1. The Morgan fingerprint density at radius 1 is 1.04 bits per heavy atom. The first-order valence-electron chi connectivity index (χ1n) is 10.1. The first-order valence-corrected chi connectivity index (χ1v) is 10.1. The van der Waals surface area contributed by atoms with Crippen LogP contribution >= 0.6 is 0 Å². The zero-order valence-electron chi connectivity index (χ0n) is 17.2. The Morgan fingerprint density at radius 2 is 1.70 bits per heavy atom. The largest absolute Gasteiger partial charge is 0.480 e. The standard InChI is InChI=1S/C20H35N3O4/c1-20(2,3)13-17(24)23-11-6-8-16(23)19(27)22-10-5-7-15(9-12-22)21(4)14-18(25)26/h15-16H,5-14H2,1-4H3,(H,25,26). The van der Waals surface area contributed by atoms with Crippen molar-refractivity contribution < 1.29 is 19.5 Å². The van der Waals surface area contributed by atoms with Gasteiger partial charge in [-0.2, -0.15) is 0 Å². The number of hydrogen-bond acceptors (Lipinski definition) is 4. The lowest BCUT2D eigenvalue weighted by molar-refractivity contribution is -0.144. The maximum atomic E-state index is 13.1. The van der Waals surface area contributed by atoms with Gasteiger partial charge in [-0.05, 0) is 44.6 Å². The van der Waals surface area contributed by atoms with Crippen LogP contribution < -0.4 is 0 Å². The van der Waals surface area contributed by atoms with E-state index >= 15 is 0 Å². The Hall–Kier alpha value is -1.63. The third-order valence-corrected chi connectivity index (χ3v) is 5.56. The molecule has 0 bridgehead atoms. The molecule has 1 N–H and O–H groups in total. The summed E-state index contributed by atoms with van der Waals surface area (Å²) in [6, 6.07) is -0.144. The molecule has 2 aliphatic rings. The Labute approximate surface area is 162 Å². The highest BCUT2D eigenvalue weighted by molar-refractivity contribution is 5.88. The Kier molecular flexibility index (Phi) is 7.25. The number of likely N-dealkylation sites (tertiary alicyclic amines) is 2. The van der Waals surface area contributed by atoms with Gasteiger partial charge in [0.25, 0.3) is 0 Å². The molecule has 2 heterocycles. The lowest BCUT2D eigenvalue weighted by Gasteiger charge is -2.31. The van der Waals surface area contributed by atoms with Gasteiger partial charge in [0.1, 0.15) is 6.04 Å². The number of aliphatic carboxylic acids is 1. The van der Waals surface area contributed by atoms with Gasteiger partial charge in [0.15, 0.2) is 0 Å². The third-order valence-electron chi connectivity index (χ3n) is 5.56. The Morgan fingerprint density at radius 3 is 2.33 bits per heavy atom. The number of nitrogens with zero attached hydrogens (tertiary/aromatic N) is 3. The van der Waals surface area contributed by atoms with Crippen LogP contribution in [0.3, 0.4) is 0 Å². The van der Waals surface area contributed by atoms with Gasteiger partial charge in [0.2, 0.25) is 11.8 Å². The molecule has 0 aromatic carbocycles. The molecule has 2 atom stereocenters. The second-order valence-corrected chi connectivity index (χ2v) is 9.20. The molecule has 0 aromatic rings. The fourth-order valence-corrected chi connectivity index (χ4v) is 4.17. The van der Waals surface area contributed by atoms with E-state index in [9.17, 15) is 14.4 Å². The molecule has 2 rings (SSSR count). The molecule has 2 saturated heterocycles. The summed E-state index contributed by atoms with van der Waals surface area (Å²) < 4.78 is 0. The zero-order valence-corrected chi connectivity index (χ0v) is 17.2. The fraction of sp³-hybridized carbons (Fsp3) is 0.850. The number of likely N-dealkylation sites (N-methyl/N-ethyl adjacent to an activating group) is 1. The van der Waals surface area contributed by atoms with Crippen LogP contribution in [0.15, 0.2) is 0 Å². The predicted octanol–water partition coefficient (Wildman–Crippen LogP) is 1.81. The van der Waals surface area contributed by atoms with Gasteiger partial charge in [-0.25, -0.2) is 0 Å². The first-order chi connectivity index (χ1) is 12.6. The molecular weight excluding hydrogens is 346 g/mol. The highest BCUT2D eigenvalue weighted by atomic mass is 16.4. The molecule has 0 spiro atoms. The number of carboxylic acids is 1. The van der Waals surface area contributed by atoms with Gasteiger partial charge >= 0.3 is 5.97 Å². The topological polar surface area (TPSA) is 81.2 Å². The van der Waals surface area contributed by atoms with E-state index in [-0.39, 0.29) is 35.9 Å². The SMILES string of the molecule is CN(CC(=O)O)C1CCCN(C(=O)C2CCCN2C(=O)CC(C)(C)C)CC1. The van der Waals surface area contributed by atoms with Crippen molar-refractivity contribution in [2.45, 2.75) is 71.4 Å². The molecule has 0 radical (unpaired) electrons. The summed E-state index contributed by atoms with van der Waals surface area (Å²) in [6.45, 7) is 8.14. The highest BCUT2D eigenvalue weighted by Crippen LogP contribution is 2.26. The third kappa shape index (κ3) is 6.19. The van der Waals surface area contributed by atoms with Crippen molar-refractivity contribution in [2.24, 2.45) is 5.41 Å². The number of carboxylic acid groups (broad SMARTS) is 1. The molecule has 2 amide bonds. The van der Waals surface area contributed by atoms with Crippen LogP contribution in [0.25, 0.3) is 0 Å². The summed E-state index contributed by atoms with van der Waals surface area (Å²) in [5, 5.41) is 8.99. The summed E-state index contributed by atoms with van der Waals surface area (Å²) in [4.78, 5) is 42.3. The Bertz CT molecular complexity index is 558. The normalized spacial score (nSPS) is 24.2. The van der Waals surface area contributed by atoms with E-state index in [0.717, 1.165) is 32.1 Å². The summed E-state index contributed by atoms with van der Waals surface area (Å²) >= 11 is 0. The van der Waals surface area contributed by atoms with Crippen molar-refractivity contribution in [1.29, 1.82) is 0 Å². The minimum Gasteiger partial charge on any atom is -0.480 e. The molecular formula is C20H35N3O4. The minimum absolute atomic E-state index is 0.0241. The van der Waals surface area contributed by atoms with Crippen LogP contribution in [0.5, 0.6) is 0 Å². The maximum absolute atomic E-state index is 13.1. The lowest BCUT2D eigenvalue weighted by atomic mass is 9.91. The van der Waals surface area contributed by atoms with E-state index in [0.29, 0.717) is 26.1 Å². The van der Waals surface area contributed by atoms with Crippen molar-refractivity contribution in [2.75, 3.05) is 33.2 Å². The van der Waals surface area contributed by atoms with Crippen molar-refractivity contribution in [3.63, 3.8) is 0 Å². The van der Waals surface area contributed by atoms with Crippen LogP contribution in [0, 0.1) is 5.41 Å². The van der Waals surface area contributed by atoms with E-state index in [4.69, 9.17) is 5.11 Å². The van der Waals surface area contributed by atoms with Gasteiger partial charge in [0.05, 0.1) is 6.54 Å². The molecule has 7 nitrogen and oxygen atoms in total. The lowest BCUT2D eigenvalue weighted by Crippen LogP contribution is -2.48. The first kappa shape index (κ1) is 21.7. The van der Waals surface area contributed by atoms with Crippen molar-refractivity contribution in [3.8, 4) is 0 Å². The number of carbonyl (C=O) groups is 3. The quantitative estimate of drug-likeness (QED) is 0.785. The molecule has 0 aromatic heterocycles. The molecule has 2 fully saturated rings. The van der Waals surface area contributed by atoms with Crippen molar-refractivity contribution in [1.82, 2.24) is 14.7 Å². The molecule has 2 unspecified atom stereocenters. The van der Waals surface area contributed by atoms with Crippen LogP contribution in [0.2, 0.25) is 0 Å². The van der Waals surface area contributed by atoms with Crippen molar-refractivity contribution in [3.05, 3.63) is 0 Å². The molecule has 154 valence electrons. The molecule has 2 aliphatic heterocycles. The summed E-state index contributed by atoms with van der Waals surface area (Å²) in [5.74, 6) is -0.683. The second kappa shape index (κ2) is 9.04. The average Bonchev–Trinajstić information content (AvgIpc) is 2.89. The van der Waals surface area contributed by atoms with Gasteiger partial charge in [-0.15, -0.1) is 0 Å². The smallest absolute Gasteiger partial charge is 0.317 e. The Balaban J connectivity index is 1.96. The van der Waals surface area contributed by atoms with Gasteiger partial charge in [0, 0.05) is 32.1 Å². The summed E-state index contributed by atoms with van der Waals surface area (Å²) in [5.41, 5.74) is -0.0855. The maximum Gasteiger partial charge on any atom is 0.317 e. The minimum atomic E-state index is -0.825. The summed E-state index contributed by atoms with van der Waals surface area (Å²) in [6.07, 6.45) is 4.61. The van der Waals surface area contributed by atoms with Crippen LogP contribution in [-0.2, 0) is 14.4 Å². The predicted molar refractivity (Wildman–Crippen MR) is 103 cm³/mol. The molecule has 27 heavy (non-hydrogen) atoms. The van der Waals surface area contributed by atoms with Gasteiger partial charge < -0.3 is 14.9 Å². The van der Waals surface area contributed by atoms with Gasteiger partial charge in [-0.1, -0.05) is 20.8 Å². The van der Waals surface area contributed by atoms with Crippen LogP contribution in [0.1, 0.15) is 59.3 Å². The van der Waals surface area contributed by atoms with Crippen LogP contribution in [-0.4, -0.2) is 82.9 Å². The van der Waals surface area contributed by atoms with Crippen molar-refractivity contribution >= 4 is 17.8 Å². The number of rotatable bonds is 5. The van der Waals surface area contributed by atoms with E-state index in [1.165, 1.54) is 0 Å².